The molecule has 0 radical (unpaired) electrons. The van der Waals surface area contributed by atoms with Gasteiger partial charge in [-0.2, -0.15) is 0 Å². The molecule has 1 atom stereocenters. The first-order valence-corrected chi connectivity index (χ1v) is 4.89. The number of guanidine groups is 1. The molecule has 0 saturated heterocycles. The Kier molecular flexibility index (Phi) is 4.63. The Bertz CT molecular complexity index is 307. The molecule has 0 aromatic heterocycles. The molecular weight excluding hydrogens is 190 g/mol. The van der Waals surface area contributed by atoms with Gasteiger partial charge in [0.25, 0.3) is 0 Å². The minimum absolute atomic E-state index is 0.00119. The summed E-state index contributed by atoms with van der Waals surface area (Å²) in [6, 6.07) is 9.98. The standard InChI is InChI=1S/C11H17N3O/c1-9(14-11(12)13)7-15-8-10-5-3-2-4-6-10/h2-6,9H,7-8H2,1H3,(H4,12,13,14). The maximum Gasteiger partial charge on any atom is 0.186 e. The van der Waals surface area contributed by atoms with Crippen molar-refractivity contribution in [3.63, 3.8) is 0 Å². The van der Waals surface area contributed by atoms with E-state index in [0.717, 1.165) is 5.56 Å². The normalized spacial score (nSPS) is 12.1. The zero-order valence-electron chi connectivity index (χ0n) is 8.89. The van der Waals surface area contributed by atoms with Crippen LogP contribution in [0.25, 0.3) is 0 Å². The molecule has 4 nitrogen and oxygen atoms in total. The van der Waals surface area contributed by atoms with Crippen molar-refractivity contribution in [3.8, 4) is 0 Å². The summed E-state index contributed by atoms with van der Waals surface area (Å²) in [7, 11) is 0. The summed E-state index contributed by atoms with van der Waals surface area (Å²) in [5.41, 5.74) is 11.6. The van der Waals surface area contributed by atoms with Gasteiger partial charge in [-0.3, -0.25) is 0 Å². The van der Waals surface area contributed by atoms with Crippen molar-refractivity contribution in [1.82, 2.24) is 0 Å². The fraction of sp³-hybridized carbons (Fsp3) is 0.364. The van der Waals surface area contributed by atoms with E-state index in [2.05, 4.69) is 4.99 Å². The summed E-state index contributed by atoms with van der Waals surface area (Å²) in [5.74, 6) is 0.103. The zero-order valence-corrected chi connectivity index (χ0v) is 8.89. The predicted octanol–water partition coefficient (Wildman–Crippen LogP) is 0.865. The van der Waals surface area contributed by atoms with Crippen LogP contribution < -0.4 is 11.5 Å². The number of ether oxygens (including phenoxy) is 1. The van der Waals surface area contributed by atoms with Gasteiger partial charge in [0, 0.05) is 0 Å². The number of rotatable bonds is 5. The minimum Gasteiger partial charge on any atom is -0.375 e. The van der Waals surface area contributed by atoms with Gasteiger partial charge in [0.2, 0.25) is 0 Å². The highest BCUT2D eigenvalue weighted by atomic mass is 16.5. The van der Waals surface area contributed by atoms with Crippen molar-refractivity contribution in [1.29, 1.82) is 0 Å². The summed E-state index contributed by atoms with van der Waals surface area (Å²) in [6.07, 6.45) is 0. The molecule has 15 heavy (non-hydrogen) atoms. The number of hydrogen-bond donors (Lipinski definition) is 2. The molecule has 1 unspecified atom stereocenters. The van der Waals surface area contributed by atoms with E-state index < -0.39 is 0 Å². The van der Waals surface area contributed by atoms with Gasteiger partial charge in [0.1, 0.15) is 0 Å². The Labute approximate surface area is 89.9 Å². The van der Waals surface area contributed by atoms with Crippen LogP contribution in [0.4, 0.5) is 0 Å². The average Bonchev–Trinajstić information content (AvgIpc) is 2.18. The molecule has 1 aromatic rings. The Balaban J connectivity index is 2.25. The van der Waals surface area contributed by atoms with E-state index in [1.807, 2.05) is 37.3 Å². The molecule has 0 aliphatic heterocycles. The fourth-order valence-corrected chi connectivity index (χ4v) is 1.21. The van der Waals surface area contributed by atoms with Crippen LogP contribution >= 0.6 is 0 Å². The zero-order chi connectivity index (χ0) is 11.1. The van der Waals surface area contributed by atoms with Crippen LogP contribution in [-0.2, 0) is 11.3 Å². The molecule has 0 fully saturated rings. The maximum absolute atomic E-state index is 5.46. The molecule has 0 bridgehead atoms. The lowest BCUT2D eigenvalue weighted by molar-refractivity contribution is 0.112. The molecule has 0 amide bonds. The van der Waals surface area contributed by atoms with Crippen molar-refractivity contribution in [2.45, 2.75) is 19.6 Å². The van der Waals surface area contributed by atoms with Crippen LogP contribution in [0.2, 0.25) is 0 Å². The lowest BCUT2D eigenvalue weighted by atomic mass is 10.2. The molecule has 0 spiro atoms. The number of benzene rings is 1. The van der Waals surface area contributed by atoms with Gasteiger partial charge >= 0.3 is 0 Å². The number of aliphatic imine (C=N–C) groups is 1. The van der Waals surface area contributed by atoms with Gasteiger partial charge in [-0.1, -0.05) is 30.3 Å². The van der Waals surface area contributed by atoms with E-state index in [-0.39, 0.29) is 12.0 Å². The van der Waals surface area contributed by atoms with Crippen molar-refractivity contribution in [2.75, 3.05) is 6.61 Å². The second-order valence-corrected chi connectivity index (χ2v) is 3.40. The molecule has 1 aromatic carbocycles. The van der Waals surface area contributed by atoms with E-state index in [1.165, 1.54) is 0 Å². The topological polar surface area (TPSA) is 73.6 Å². The second-order valence-electron chi connectivity index (χ2n) is 3.40. The third-order valence-corrected chi connectivity index (χ3v) is 1.84. The highest BCUT2D eigenvalue weighted by molar-refractivity contribution is 5.75. The van der Waals surface area contributed by atoms with E-state index in [1.54, 1.807) is 0 Å². The van der Waals surface area contributed by atoms with Gasteiger partial charge in [0.05, 0.1) is 19.3 Å². The Morgan fingerprint density at radius 3 is 2.60 bits per heavy atom. The van der Waals surface area contributed by atoms with Crippen LogP contribution in [-0.4, -0.2) is 18.6 Å². The second kappa shape index (κ2) is 6.03. The van der Waals surface area contributed by atoms with E-state index in [9.17, 15) is 0 Å². The third kappa shape index (κ3) is 5.02. The molecular formula is C11H17N3O. The largest absolute Gasteiger partial charge is 0.375 e. The van der Waals surface area contributed by atoms with E-state index in [4.69, 9.17) is 16.2 Å². The highest BCUT2D eigenvalue weighted by Gasteiger charge is 1.99. The molecule has 4 heteroatoms. The van der Waals surface area contributed by atoms with Gasteiger partial charge in [-0.25, -0.2) is 4.99 Å². The molecule has 82 valence electrons. The third-order valence-electron chi connectivity index (χ3n) is 1.84. The number of nitrogens with zero attached hydrogens (tertiary/aromatic N) is 1. The summed E-state index contributed by atoms with van der Waals surface area (Å²) in [6.45, 7) is 3.02. The number of nitrogens with two attached hydrogens (primary N) is 2. The smallest absolute Gasteiger partial charge is 0.186 e. The molecule has 0 aliphatic rings. The summed E-state index contributed by atoms with van der Waals surface area (Å²) < 4.78 is 5.46. The van der Waals surface area contributed by atoms with Crippen molar-refractivity contribution < 1.29 is 4.74 Å². The molecule has 4 N–H and O–H groups in total. The maximum atomic E-state index is 5.46. The fourth-order valence-electron chi connectivity index (χ4n) is 1.21. The van der Waals surface area contributed by atoms with Gasteiger partial charge in [0.15, 0.2) is 5.96 Å². The SMILES string of the molecule is CC(COCc1ccccc1)N=C(N)N. The monoisotopic (exact) mass is 207 g/mol. The quantitative estimate of drug-likeness (QED) is 0.555. The van der Waals surface area contributed by atoms with E-state index >= 15 is 0 Å². The van der Waals surface area contributed by atoms with Crippen LogP contribution in [0, 0.1) is 0 Å². The van der Waals surface area contributed by atoms with Crippen molar-refractivity contribution >= 4 is 5.96 Å². The number of hydrogen-bond acceptors (Lipinski definition) is 2. The van der Waals surface area contributed by atoms with Crippen molar-refractivity contribution in [3.05, 3.63) is 35.9 Å². The summed E-state index contributed by atoms with van der Waals surface area (Å²) in [5, 5.41) is 0. The van der Waals surface area contributed by atoms with Crippen molar-refractivity contribution in [2.24, 2.45) is 16.5 Å². The van der Waals surface area contributed by atoms with Crippen LogP contribution in [0.1, 0.15) is 12.5 Å². The summed E-state index contributed by atoms with van der Waals surface area (Å²) >= 11 is 0. The van der Waals surface area contributed by atoms with Crippen LogP contribution in [0.15, 0.2) is 35.3 Å². The average molecular weight is 207 g/mol. The first-order chi connectivity index (χ1) is 7.18. The Morgan fingerprint density at radius 1 is 1.33 bits per heavy atom. The predicted molar refractivity (Wildman–Crippen MR) is 61.4 cm³/mol. The van der Waals surface area contributed by atoms with Crippen LogP contribution in [0.3, 0.4) is 0 Å². The highest BCUT2D eigenvalue weighted by Crippen LogP contribution is 2.01. The first kappa shape index (κ1) is 11.5. The minimum atomic E-state index is -0.00119. The van der Waals surface area contributed by atoms with Crippen LogP contribution in [0.5, 0.6) is 0 Å². The van der Waals surface area contributed by atoms with Gasteiger partial charge in [-0.05, 0) is 12.5 Å². The molecule has 1 rings (SSSR count). The van der Waals surface area contributed by atoms with Gasteiger partial charge in [-0.15, -0.1) is 0 Å². The van der Waals surface area contributed by atoms with Gasteiger partial charge < -0.3 is 16.2 Å². The van der Waals surface area contributed by atoms with E-state index in [0.29, 0.717) is 13.2 Å². The molecule has 0 saturated carbocycles. The Morgan fingerprint density at radius 2 is 2.00 bits per heavy atom. The lowest BCUT2D eigenvalue weighted by Gasteiger charge is -2.08. The molecule has 0 heterocycles. The first-order valence-electron chi connectivity index (χ1n) is 4.89. The Hall–Kier alpha value is -1.55. The lowest BCUT2D eigenvalue weighted by Crippen LogP contribution is -2.26. The summed E-state index contributed by atoms with van der Waals surface area (Å²) in [4.78, 5) is 3.96. The molecule has 0 aliphatic carbocycles.